The first-order chi connectivity index (χ1) is 7.75. The normalized spacial score (nSPS) is 21.3. The minimum atomic E-state index is 0.407. The summed E-state index contributed by atoms with van der Waals surface area (Å²) in [6.07, 6.45) is 2.43. The summed E-state index contributed by atoms with van der Waals surface area (Å²) in [6, 6.07) is 0. The van der Waals surface area contributed by atoms with Gasteiger partial charge in [0.05, 0.1) is 6.61 Å². The predicted octanol–water partition coefficient (Wildman–Crippen LogP) is 2.50. The van der Waals surface area contributed by atoms with Gasteiger partial charge < -0.3 is 10.1 Å². The number of nitrogens with one attached hydrogen (secondary N) is 1. The van der Waals surface area contributed by atoms with Gasteiger partial charge in [0.2, 0.25) is 5.13 Å². The Morgan fingerprint density at radius 1 is 1.56 bits per heavy atom. The third kappa shape index (κ3) is 3.15. The highest BCUT2D eigenvalue weighted by Gasteiger charge is 2.14. The summed E-state index contributed by atoms with van der Waals surface area (Å²) in [4.78, 5) is 4.45. The summed E-state index contributed by atoms with van der Waals surface area (Å²) in [7, 11) is 0. The Kier molecular flexibility index (Phi) is 4.12. The zero-order valence-electron chi connectivity index (χ0n) is 9.90. The first-order valence-corrected chi connectivity index (χ1v) is 6.68. The predicted molar refractivity (Wildman–Crippen MR) is 66.0 cm³/mol. The highest BCUT2D eigenvalue weighted by molar-refractivity contribution is 7.09. The van der Waals surface area contributed by atoms with Crippen molar-refractivity contribution in [1.29, 1.82) is 0 Å². The van der Waals surface area contributed by atoms with Crippen LogP contribution >= 0.6 is 11.5 Å². The van der Waals surface area contributed by atoms with Crippen LogP contribution < -0.4 is 5.32 Å². The maximum absolute atomic E-state index is 5.44. The molecule has 0 radical (unpaired) electrons. The molecule has 1 saturated heterocycles. The molecule has 4 nitrogen and oxygen atoms in total. The molecule has 0 aliphatic carbocycles. The zero-order valence-corrected chi connectivity index (χ0v) is 10.7. The van der Waals surface area contributed by atoms with Gasteiger partial charge in [0, 0.05) is 30.6 Å². The van der Waals surface area contributed by atoms with Crippen LogP contribution in [-0.4, -0.2) is 29.1 Å². The van der Waals surface area contributed by atoms with Gasteiger partial charge in [-0.1, -0.05) is 13.8 Å². The van der Waals surface area contributed by atoms with E-state index in [4.69, 9.17) is 4.74 Å². The Hall–Kier alpha value is -0.680. The number of hydrogen-bond acceptors (Lipinski definition) is 5. The van der Waals surface area contributed by atoms with Gasteiger partial charge in [-0.15, -0.1) is 0 Å². The monoisotopic (exact) mass is 241 g/mol. The van der Waals surface area contributed by atoms with Gasteiger partial charge in [-0.05, 0) is 18.8 Å². The molecular formula is C11H19N3OS. The largest absolute Gasteiger partial charge is 0.381 e. The fourth-order valence-corrected chi connectivity index (χ4v) is 2.46. The first-order valence-electron chi connectivity index (χ1n) is 5.91. The molecule has 2 rings (SSSR count). The van der Waals surface area contributed by atoms with Crippen molar-refractivity contribution >= 4 is 16.7 Å². The van der Waals surface area contributed by atoms with Gasteiger partial charge in [-0.3, -0.25) is 0 Å². The number of hydrogen-bond donors (Lipinski definition) is 1. The van der Waals surface area contributed by atoms with Crippen molar-refractivity contribution in [2.24, 2.45) is 5.92 Å². The van der Waals surface area contributed by atoms with Crippen molar-refractivity contribution in [3.63, 3.8) is 0 Å². The molecule has 1 aromatic rings. The van der Waals surface area contributed by atoms with Crippen LogP contribution in [-0.2, 0) is 4.74 Å². The quantitative estimate of drug-likeness (QED) is 0.880. The molecule has 2 heterocycles. The van der Waals surface area contributed by atoms with Crippen molar-refractivity contribution in [2.75, 3.05) is 25.1 Å². The summed E-state index contributed by atoms with van der Waals surface area (Å²) in [5, 5.41) is 4.29. The van der Waals surface area contributed by atoms with E-state index in [1.54, 1.807) is 0 Å². The Balaban J connectivity index is 1.79. The minimum Gasteiger partial charge on any atom is -0.381 e. The average molecular weight is 241 g/mol. The van der Waals surface area contributed by atoms with Crippen LogP contribution in [0.15, 0.2) is 0 Å². The van der Waals surface area contributed by atoms with Gasteiger partial charge >= 0.3 is 0 Å². The van der Waals surface area contributed by atoms with E-state index in [0.717, 1.165) is 30.7 Å². The Bertz CT molecular complexity index is 321. The number of ether oxygens (including phenoxy) is 1. The molecule has 1 atom stereocenters. The van der Waals surface area contributed by atoms with Crippen LogP contribution in [0.4, 0.5) is 5.13 Å². The Morgan fingerprint density at radius 3 is 3.06 bits per heavy atom. The van der Waals surface area contributed by atoms with Gasteiger partial charge in [0.15, 0.2) is 0 Å². The molecule has 0 bridgehead atoms. The van der Waals surface area contributed by atoms with E-state index in [-0.39, 0.29) is 0 Å². The maximum atomic E-state index is 5.44. The lowest BCUT2D eigenvalue weighted by atomic mass is 10.0. The topological polar surface area (TPSA) is 47.0 Å². The van der Waals surface area contributed by atoms with Crippen LogP contribution in [0.2, 0.25) is 0 Å². The summed E-state index contributed by atoms with van der Waals surface area (Å²) >= 11 is 1.45. The zero-order chi connectivity index (χ0) is 11.4. The molecule has 1 fully saturated rings. The first kappa shape index (κ1) is 11.8. The second-order valence-corrected chi connectivity index (χ2v) is 5.33. The van der Waals surface area contributed by atoms with Crippen LogP contribution in [0.5, 0.6) is 0 Å². The van der Waals surface area contributed by atoms with Gasteiger partial charge in [0.25, 0.3) is 0 Å². The van der Waals surface area contributed by atoms with E-state index < -0.39 is 0 Å². The molecule has 0 saturated carbocycles. The molecule has 5 heteroatoms. The van der Waals surface area contributed by atoms with Crippen molar-refractivity contribution in [3.8, 4) is 0 Å². The summed E-state index contributed by atoms with van der Waals surface area (Å²) in [5.41, 5.74) is 0. The van der Waals surface area contributed by atoms with Crippen LogP contribution in [0.25, 0.3) is 0 Å². The second kappa shape index (κ2) is 5.59. The fourth-order valence-electron chi connectivity index (χ4n) is 1.74. The van der Waals surface area contributed by atoms with E-state index in [1.165, 1.54) is 24.4 Å². The minimum absolute atomic E-state index is 0.407. The van der Waals surface area contributed by atoms with Crippen molar-refractivity contribution < 1.29 is 4.74 Å². The summed E-state index contributed by atoms with van der Waals surface area (Å²) in [6.45, 7) is 6.98. The van der Waals surface area contributed by atoms with Crippen molar-refractivity contribution in [3.05, 3.63) is 5.82 Å². The SMILES string of the molecule is CC(C)c1nsc(NCC2CCCOC2)n1. The van der Waals surface area contributed by atoms with Gasteiger partial charge in [-0.2, -0.15) is 4.37 Å². The van der Waals surface area contributed by atoms with Crippen LogP contribution in [0.1, 0.15) is 38.4 Å². The number of nitrogens with zero attached hydrogens (tertiary/aromatic N) is 2. The van der Waals surface area contributed by atoms with E-state index in [1.807, 2.05) is 0 Å². The molecule has 0 aromatic carbocycles. The lowest BCUT2D eigenvalue weighted by molar-refractivity contribution is 0.0595. The standard InChI is InChI=1S/C11H19N3OS/c1-8(2)10-13-11(16-14-10)12-6-9-4-3-5-15-7-9/h8-9H,3-7H2,1-2H3,(H,12,13,14). The molecule has 1 aliphatic heterocycles. The average Bonchev–Trinajstić information content (AvgIpc) is 2.76. The third-order valence-corrected chi connectivity index (χ3v) is 3.44. The molecule has 16 heavy (non-hydrogen) atoms. The summed E-state index contributed by atoms with van der Waals surface area (Å²) < 4.78 is 9.76. The maximum Gasteiger partial charge on any atom is 0.202 e. The second-order valence-electron chi connectivity index (χ2n) is 4.58. The van der Waals surface area contributed by atoms with E-state index in [9.17, 15) is 0 Å². The van der Waals surface area contributed by atoms with Crippen LogP contribution in [0.3, 0.4) is 0 Å². The van der Waals surface area contributed by atoms with Crippen molar-refractivity contribution in [1.82, 2.24) is 9.36 Å². The van der Waals surface area contributed by atoms with E-state index in [0.29, 0.717) is 11.8 Å². The van der Waals surface area contributed by atoms with E-state index >= 15 is 0 Å². The molecule has 0 spiro atoms. The molecular weight excluding hydrogens is 222 g/mol. The fraction of sp³-hybridized carbons (Fsp3) is 0.818. The van der Waals surface area contributed by atoms with E-state index in [2.05, 4.69) is 28.5 Å². The molecule has 1 unspecified atom stereocenters. The van der Waals surface area contributed by atoms with Crippen molar-refractivity contribution in [2.45, 2.75) is 32.6 Å². The number of anilines is 1. The lowest BCUT2D eigenvalue weighted by Crippen LogP contribution is -2.24. The number of aromatic nitrogens is 2. The Morgan fingerprint density at radius 2 is 2.44 bits per heavy atom. The molecule has 90 valence electrons. The lowest BCUT2D eigenvalue weighted by Gasteiger charge is -2.21. The third-order valence-electron chi connectivity index (χ3n) is 2.75. The van der Waals surface area contributed by atoms with Crippen LogP contribution in [0, 0.1) is 5.92 Å². The molecule has 1 N–H and O–H groups in total. The highest BCUT2D eigenvalue weighted by atomic mass is 32.1. The summed E-state index contributed by atoms with van der Waals surface area (Å²) in [5.74, 6) is 1.97. The van der Waals surface area contributed by atoms with Gasteiger partial charge in [0.1, 0.15) is 5.82 Å². The molecule has 1 aliphatic rings. The highest BCUT2D eigenvalue weighted by Crippen LogP contribution is 2.19. The molecule has 1 aromatic heterocycles. The Labute approximate surface area is 101 Å². The smallest absolute Gasteiger partial charge is 0.202 e. The van der Waals surface area contributed by atoms with Gasteiger partial charge in [-0.25, -0.2) is 4.98 Å². The number of rotatable bonds is 4. The molecule has 0 amide bonds.